The van der Waals surface area contributed by atoms with Gasteiger partial charge in [0.05, 0.1) is 12.0 Å². The highest BCUT2D eigenvalue weighted by Gasteiger charge is 2.38. The number of rotatable bonds is 4. The Kier molecular flexibility index (Phi) is 5.25. The first-order valence-electron chi connectivity index (χ1n) is 8.14. The molecule has 2 rings (SSSR count). The number of likely N-dealkylation sites (tertiary alicyclic amines) is 1. The second-order valence-corrected chi connectivity index (χ2v) is 7.20. The Balaban J connectivity index is 1.78. The number of carboxylic acids is 1. The summed E-state index contributed by atoms with van der Waals surface area (Å²) in [5.74, 6) is 0.0644. The Bertz CT molecular complexity index is 391. The molecule has 1 atom stereocenters. The van der Waals surface area contributed by atoms with E-state index in [9.17, 15) is 14.7 Å². The van der Waals surface area contributed by atoms with Crippen LogP contribution in [0.2, 0.25) is 0 Å². The minimum absolute atomic E-state index is 0.0455. The molecule has 2 aliphatic rings. The minimum atomic E-state index is -0.756. The summed E-state index contributed by atoms with van der Waals surface area (Å²) >= 11 is 0. The van der Waals surface area contributed by atoms with E-state index in [0.29, 0.717) is 25.6 Å². The van der Waals surface area contributed by atoms with Gasteiger partial charge in [0.25, 0.3) is 0 Å². The zero-order valence-electron chi connectivity index (χ0n) is 13.2. The van der Waals surface area contributed by atoms with Crippen molar-refractivity contribution >= 4 is 11.9 Å². The van der Waals surface area contributed by atoms with Crippen molar-refractivity contribution in [2.75, 3.05) is 19.6 Å². The van der Waals surface area contributed by atoms with Gasteiger partial charge in [-0.2, -0.15) is 0 Å². The van der Waals surface area contributed by atoms with E-state index in [1.165, 1.54) is 12.8 Å². The zero-order chi connectivity index (χ0) is 15.5. The van der Waals surface area contributed by atoms with Gasteiger partial charge in [-0.3, -0.25) is 14.5 Å². The largest absolute Gasteiger partial charge is 0.481 e. The topological polar surface area (TPSA) is 69.6 Å². The molecule has 1 saturated carbocycles. The van der Waals surface area contributed by atoms with Crippen LogP contribution in [0.1, 0.15) is 52.4 Å². The van der Waals surface area contributed by atoms with E-state index in [-0.39, 0.29) is 5.91 Å². The number of carboxylic acid groups (broad SMARTS) is 1. The fourth-order valence-corrected chi connectivity index (χ4v) is 3.53. The summed E-state index contributed by atoms with van der Waals surface area (Å²) in [6.07, 6.45) is 6.05. The van der Waals surface area contributed by atoms with Crippen LogP contribution in [0, 0.1) is 11.3 Å². The van der Waals surface area contributed by atoms with E-state index in [1.807, 2.05) is 4.90 Å². The van der Waals surface area contributed by atoms with Crippen LogP contribution in [0.5, 0.6) is 0 Å². The average molecular weight is 296 g/mol. The molecule has 21 heavy (non-hydrogen) atoms. The van der Waals surface area contributed by atoms with Gasteiger partial charge in [-0.25, -0.2) is 0 Å². The lowest BCUT2D eigenvalue weighted by molar-refractivity contribution is -0.151. The van der Waals surface area contributed by atoms with Crippen molar-refractivity contribution in [2.24, 2.45) is 11.3 Å². The highest BCUT2D eigenvalue weighted by molar-refractivity contribution is 5.79. The molecular weight excluding hydrogens is 268 g/mol. The van der Waals surface area contributed by atoms with Crippen LogP contribution in [0.4, 0.5) is 0 Å². The van der Waals surface area contributed by atoms with Crippen molar-refractivity contribution in [3.05, 3.63) is 0 Å². The normalized spacial score (nSPS) is 34.4. The van der Waals surface area contributed by atoms with Crippen LogP contribution in [0.25, 0.3) is 0 Å². The van der Waals surface area contributed by atoms with Gasteiger partial charge in [0, 0.05) is 12.6 Å². The highest BCUT2D eigenvalue weighted by Crippen LogP contribution is 2.29. The molecule has 0 bridgehead atoms. The van der Waals surface area contributed by atoms with E-state index < -0.39 is 11.4 Å². The monoisotopic (exact) mass is 296 g/mol. The number of carbonyl (C=O) groups is 2. The standard InChI is InChI=1S/C16H28N2O3/c1-12-4-6-13(7-5-12)17-14(19)10-18-9-3-8-16(2,11-18)15(20)21/h12-13H,3-11H2,1-2H3,(H,17,19)(H,20,21). The molecule has 0 spiro atoms. The fraction of sp³-hybridized carbons (Fsp3) is 0.875. The van der Waals surface area contributed by atoms with Crippen molar-refractivity contribution in [2.45, 2.75) is 58.4 Å². The molecular formula is C16H28N2O3. The smallest absolute Gasteiger partial charge is 0.310 e. The highest BCUT2D eigenvalue weighted by atomic mass is 16.4. The zero-order valence-corrected chi connectivity index (χ0v) is 13.2. The molecule has 1 amide bonds. The summed E-state index contributed by atoms with van der Waals surface area (Å²) < 4.78 is 0. The van der Waals surface area contributed by atoms with E-state index in [1.54, 1.807) is 6.92 Å². The number of nitrogens with one attached hydrogen (secondary N) is 1. The first-order valence-corrected chi connectivity index (χ1v) is 8.14. The predicted molar refractivity (Wildman–Crippen MR) is 81.0 cm³/mol. The molecule has 1 heterocycles. The Morgan fingerprint density at radius 2 is 1.95 bits per heavy atom. The predicted octanol–water partition coefficient (Wildman–Crippen LogP) is 1.87. The number of carbonyl (C=O) groups excluding carboxylic acids is 1. The summed E-state index contributed by atoms with van der Waals surface area (Å²) in [7, 11) is 0. The molecule has 120 valence electrons. The van der Waals surface area contributed by atoms with Crippen molar-refractivity contribution < 1.29 is 14.7 Å². The van der Waals surface area contributed by atoms with Gasteiger partial charge in [-0.1, -0.05) is 6.92 Å². The van der Waals surface area contributed by atoms with Crippen LogP contribution < -0.4 is 5.32 Å². The first-order chi connectivity index (χ1) is 9.89. The average Bonchev–Trinajstić information content (AvgIpc) is 2.41. The summed E-state index contributed by atoms with van der Waals surface area (Å²) in [5.41, 5.74) is -0.710. The maximum Gasteiger partial charge on any atom is 0.310 e. The van der Waals surface area contributed by atoms with Gasteiger partial charge in [-0.05, 0) is 57.9 Å². The first kappa shape index (κ1) is 16.3. The lowest BCUT2D eigenvalue weighted by atomic mass is 9.82. The summed E-state index contributed by atoms with van der Waals surface area (Å²) in [4.78, 5) is 25.5. The summed E-state index contributed by atoms with van der Waals surface area (Å²) in [6.45, 7) is 5.66. The van der Waals surface area contributed by atoms with Gasteiger partial charge in [-0.15, -0.1) is 0 Å². The second kappa shape index (κ2) is 6.77. The number of hydrogen-bond acceptors (Lipinski definition) is 3. The maximum atomic E-state index is 12.1. The molecule has 5 heteroatoms. The third-order valence-corrected chi connectivity index (χ3v) is 5.04. The Morgan fingerprint density at radius 3 is 2.57 bits per heavy atom. The second-order valence-electron chi connectivity index (χ2n) is 7.20. The molecule has 2 fully saturated rings. The fourth-order valence-electron chi connectivity index (χ4n) is 3.53. The lowest BCUT2D eigenvalue weighted by Crippen LogP contribution is -2.50. The van der Waals surface area contributed by atoms with Crippen LogP contribution in [-0.2, 0) is 9.59 Å². The van der Waals surface area contributed by atoms with Crippen LogP contribution in [-0.4, -0.2) is 47.6 Å². The van der Waals surface area contributed by atoms with Crippen LogP contribution in [0.3, 0.4) is 0 Å². The van der Waals surface area contributed by atoms with Crippen molar-refractivity contribution in [3.63, 3.8) is 0 Å². The summed E-state index contributed by atoms with van der Waals surface area (Å²) in [6, 6.07) is 0.310. The van der Waals surface area contributed by atoms with E-state index in [4.69, 9.17) is 0 Å². The van der Waals surface area contributed by atoms with Gasteiger partial charge >= 0.3 is 5.97 Å². The van der Waals surface area contributed by atoms with Crippen LogP contribution in [0.15, 0.2) is 0 Å². The number of aliphatic carboxylic acids is 1. The lowest BCUT2D eigenvalue weighted by Gasteiger charge is -2.37. The molecule has 0 aromatic carbocycles. The molecule has 2 N–H and O–H groups in total. The van der Waals surface area contributed by atoms with Gasteiger partial charge in [0.2, 0.25) is 5.91 Å². The van der Waals surface area contributed by atoms with Gasteiger partial charge < -0.3 is 10.4 Å². The quantitative estimate of drug-likeness (QED) is 0.831. The van der Waals surface area contributed by atoms with Gasteiger partial charge in [0.1, 0.15) is 0 Å². The van der Waals surface area contributed by atoms with Crippen LogP contribution >= 0.6 is 0 Å². The number of hydrogen-bond donors (Lipinski definition) is 2. The van der Waals surface area contributed by atoms with Gasteiger partial charge in [0.15, 0.2) is 0 Å². The molecule has 1 saturated heterocycles. The number of piperidine rings is 1. The molecule has 1 aliphatic carbocycles. The third kappa shape index (κ3) is 4.43. The molecule has 0 radical (unpaired) electrons. The molecule has 1 aliphatic heterocycles. The minimum Gasteiger partial charge on any atom is -0.481 e. The Labute approximate surface area is 127 Å². The van der Waals surface area contributed by atoms with E-state index in [2.05, 4.69) is 12.2 Å². The number of nitrogens with zero attached hydrogens (tertiary/aromatic N) is 1. The SMILES string of the molecule is CC1CCC(NC(=O)CN2CCCC(C)(C(=O)O)C2)CC1. The number of amides is 1. The van der Waals surface area contributed by atoms with Crippen molar-refractivity contribution in [3.8, 4) is 0 Å². The van der Waals surface area contributed by atoms with Crippen molar-refractivity contribution in [1.29, 1.82) is 0 Å². The Hall–Kier alpha value is -1.10. The van der Waals surface area contributed by atoms with E-state index >= 15 is 0 Å². The molecule has 5 nitrogen and oxygen atoms in total. The van der Waals surface area contributed by atoms with Crippen molar-refractivity contribution in [1.82, 2.24) is 10.2 Å². The Morgan fingerprint density at radius 1 is 1.29 bits per heavy atom. The maximum absolute atomic E-state index is 12.1. The van der Waals surface area contributed by atoms with E-state index in [0.717, 1.165) is 31.7 Å². The summed E-state index contributed by atoms with van der Waals surface area (Å²) in [5, 5.41) is 12.4. The third-order valence-electron chi connectivity index (χ3n) is 5.04. The molecule has 0 aromatic rings. The molecule has 1 unspecified atom stereocenters. The molecule has 0 aromatic heterocycles.